The highest BCUT2D eigenvalue weighted by molar-refractivity contribution is 9.10. The number of nitrogens with zero attached hydrogens (tertiary/aromatic N) is 1. The number of carboxylic acid groups (broad SMARTS) is 1. The zero-order valence-electron chi connectivity index (χ0n) is 11.1. The lowest BCUT2D eigenvalue weighted by Crippen LogP contribution is -2.31. The smallest absolute Gasteiger partial charge is 0.319 e. The molecule has 0 heterocycles. The van der Waals surface area contributed by atoms with Gasteiger partial charge in [-0.25, -0.2) is 4.79 Å². The summed E-state index contributed by atoms with van der Waals surface area (Å²) in [6.45, 7) is 1.73. The fourth-order valence-corrected chi connectivity index (χ4v) is 1.76. The predicted molar refractivity (Wildman–Crippen MR) is 79.2 cm³/mol. The molecule has 0 fully saturated rings. The van der Waals surface area contributed by atoms with Crippen LogP contribution in [0, 0.1) is 16.0 Å². The van der Waals surface area contributed by atoms with E-state index in [-0.39, 0.29) is 17.9 Å². The summed E-state index contributed by atoms with van der Waals surface area (Å²) in [6, 6.07) is 3.43. The summed E-state index contributed by atoms with van der Waals surface area (Å²) in [5, 5.41) is 24.3. The molecule has 8 nitrogen and oxygen atoms in total. The number of anilines is 1. The molecule has 1 unspecified atom stereocenters. The standard InChI is InChI=1S/C12H14BrN3O5/c1-7(11(17)18)4-5-14-12(19)15-10-6-8(16(20)21)2-3-9(10)13/h2-3,6-7H,4-5H2,1H3,(H,17,18)(H2,14,15,19). The fraction of sp³-hybridized carbons (Fsp3) is 0.333. The monoisotopic (exact) mass is 359 g/mol. The summed E-state index contributed by atoms with van der Waals surface area (Å²) in [4.78, 5) is 32.4. The van der Waals surface area contributed by atoms with Gasteiger partial charge in [-0.05, 0) is 28.4 Å². The largest absolute Gasteiger partial charge is 0.481 e. The van der Waals surface area contributed by atoms with Crippen molar-refractivity contribution in [2.45, 2.75) is 13.3 Å². The lowest BCUT2D eigenvalue weighted by molar-refractivity contribution is -0.384. The molecule has 1 aromatic rings. The molecule has 0 aromatic heterocycles. The van der Waals surface area contributed by atoms with Crippen LogP contribution in [0.5, 0.6) is 0 Å². The highest BCUT2D eigenvalue weighted by Crippen LogP contribution is 2.26. The Morgan fingerprint density at radius 2 is 2.14 bits per heavy atom. The molecule has 0 spiro atoms. The number of halogens is 1. The van der Waals surface area contributed by atoms with Crippen molar-refractivity contribution < 1.29 is 19.6 Å². The van der Waals surface area contributed by atoms with Gasteiger partial charge in [0.05, 0.1) is 16.5 Å². The van der Waals surface area contributed by atoms with Gasteiger partial charge in [0.2, 0.25) is 0 Å². The zero-order valence-corrected chi connectivity index (χ0v) is 12.7. The number of rotatable bonds is 6. The number of carbonyl (C=O) groups excluding carboxylic acids is 1. The van der Waals surface area contributed by atoms with Gasteiger partial charge in [0, 0.05) is 23.2 Å². The number of hydrogen-bond acceptors (Lipinski definition) is 4. The topological polar surface area (TPSA) is 122 Å². The summed E-state index contributed by atoms with van der Waals surface area (Å²) in [6.07, 6.45) is 0.291. The van der Waals surface area contributed by atoms with E-state index in [1.807, 2.05) is 0 Å². The Bertz CT molecular complexity index is 564. The van der Waals surface area contributed by atoms with Crippen LogP contribution in [0.3, 0.4) is 0 Å². The molecular weight excluding hydrogens is 346 g/mol. The molecule has 114 valence electrons. The summed E-state index contributed by atoms with van der Waals surface area (Å²) in [5.74, 6) is -1.49. The van der Waals surface area contributed by atoms with Crippen molar-refractivity contribution in [2.75, 3.05) is 11.9 Å². The number of carboxylic acids is 1. The number of non-ortho nitro benzene ring substituents is 1. The van der Waals surface area contributed by atoms with Gasteiger partial charge < -0.3 is 15.7 Å². The van der Waals surface area contributed by atoms with Gasteiger partial charge >= 0.3 is 12.0 Å². The number of carbonyl (C=O) groups is 2. The van der Waals surface area contributed by atoms with Gasteiger partial charge in [-0.1, -0.05) is 6.92 Å². The minimum atomic E-state index is -0.932. The Morgan fingerprint density at radius 1 is 1.48 bits per heavy atom. The molecule has 9 heteroatoms. The number of nitro benzene ring substituents is 1. The van der Waals surface area contributed by atoms with Gasteiger partial charge in [-0.3, -0.25) is 14.9 Å². The molecule has 0 aliphatic heterocycles. The maximum absolute atomic E-state index is 11.6. The molecule has 1 rings (SSSR count). The third-order valence-electron chi connectivity index (χ3n) is 2.69. The summed E-state index contributed by atoms with van der Waals surface area (Å²) in [7, 11) is 0. The first kappa shape index (κ1) is 16.9. The molecular formula is C12H14BrN3O5. The Labute approximate surface area is 128 Å². The van der Waals surface area contributed by atoms with Crippen molar-refractivity contribution in [2.24, 2.45) is 5.92 Å². The average molecular weight is 360 g/mol. The van der Waals surface area contributed by atoms with Crippen molar-refractivity contribution >= 4 is 39.3 Å². The molecule has 3 N–H and O–H groups in total. The normalized spacial score (nSPS) is 11.5. The summed E-state index contributed by atoms with van der Waals surface area (Å²) in [5.41, 5.74) is 0.112. The zero-order chi connectivity index (χ0) is 16.0. The number of amides is 2. The van der Waals surface area contributed by atoms with Gasteiger partial charge in [0.15, 0.2) is 0 Å². The molecule has 0 radical (unpaired) electrons. The third-order valence-corrected chi connectivity index (χ3v) is 3.38. The number of nitro groups is 1. The van der Waals surface area contributed by atoms with Crippen LogP contribution < -0.4 is 10.6 Å². The number of nitrogens with one attached hydrogen (secondary N) is 2. The van der Waals surface area contributed by atoms with E-state index in [0.717, 1.165) is 0 Å². The number of aliphatic carboxylic acids is 1. The van der Waals surface area contributed by atoms with Gasteiger partial charge in [0.1, 0.15) is 0 Å². The van der Waals surface area contributed by atoms with E-state index >= 15 is 0 Å². The lowest BCUT2D eigenvalue weighted by atomic mass is 10.1. The SMILES string of the molecule is CC(CCNC(=O)Nc1cc([N+](=O)[O-])ccc1Br)C(=O)O. The first-order valence-electron chi connectivity index (χ1n) is 6.03. The van der Waals surface area contributed by atoms with E-state index in [9.17, 15) is 19.7 Å². The number of benzene rings is 1. The van der Waals surface area contributed by atoms with Crippen LogP contribution >= 0.6 is 15.9 Å². The Hall–Kier alpha value is -2.16. The van der Waals surface area contributed by atoms with Crippen molar-refractivity contribution in [1.82, 2.24) is 5.32 Å². The van der Waals surface area contributed by atoms with Crippen LogP contribution in [0.1, 0.15) is 13.3 Å². The van der Waals surface area contributed by atoms with Crippen LogP contribution in [-0.4, -0.2) is 28.6 Å². The molecule has 0 bridgehead atoms. The van der Waals surface area contributed by atoms with E-state index in [2.05, 4.69) is 26.6 Å². The molecule has 21 heavy (non-hydrogen) atoms. The van der Waals surface area contributed by atoms with Crippen LogP contribution in [0.4, 0.5) is 16.2 Å². The minimum absolute atomic E-state index is 0.145. The van der Waals surface area contributed by atoms with Crippen LogP contribution in [0.25, 0.3) is 0 Å². The van der Waals surface area contributed by atoms with Crippen molar-refractivity contribution in [3.63, 3.8) is 0 Å². The van der Waals surface area contributed by atoms with Crippen molar-refractivity contribution in [3.8, 4) is 0 Å². The van der Waals surface area contributed by atoms with Crippen LogP contribution in [0.2, 0.25) is 0 Å². The second-order valence-corrected chi connectivity index (χ2v) is 5.18. The van der Waals surface area contributed by atoms with Crippen LogP contribution in [-0.2, 0) is 4.79 Å². The van der Waals surface area contributed by atoms with Gasteiger partial charge in [-0.15, -0.1) is 0 Å². The molecule has 2 amide bonds. The van der Waals surface area contributed by atoms with Crippen molar-refractivity contribution in [1.29, 1.82) is 0 Å². The number of urea groups is 1. The fourth-order valence-electron chi connectivity index (χ4n) is 1.41. The first-order chi connectivity index (χ1) is 9.81. The molecule has 1 atom stereocenters. The third kappa shape index (κ3) is 5.38. The minimum Gasteiger partial charge on any atom is -0.481 e. The Balaban J connectivity index is 2.57. The average Bonchev–Trinajstić information content (AvgIpc) is 2.40. The van der Waals surface area contributed by atoms with Crippen molar-refractivity contribution in [3.05, 3.63) is 32.8 Å². The second-order valence-electron chi connectivity index (χ2n) is 4.33. The number of hydrogen-bond donors (Lipinski definition) is 3. The van der Waals surface area contributed by atoms with E-state index < -0.39 is 22.8 Å². The lowest BCUT2D eigenvalue weighted by Gasteiger charge is -2.10. The Kier molecular flexibility index (Phi) is 6.10. The Morgan fingerprint density at radius 3 is 2.71 bits per heavy atom. The van der Waals surface area contributed by atoms with E-state index in [1.54, 1.807) is 6.92 Å². The maximum atomic E-state index is 11.6. The molecule has 0 aliphatic carbocycles. The van der Waals surface area contributed by atoms with E-state index in [0.29, 0.717) is 10.9 Å². The highest BCUT2D eigenvalue weighted by Gasteiger charge is 2.13. The predicted octanol–water partition coefficient (Wildman–Crippen LogP) is 2.59. The second kappa shape index (κ2) is 7.58. The quantitative estimate of drug-likeness (QED) is 0.532. The highest BCUT2D eigenvalue weighted by atomic mass is 79.9. The summed E-state index contributed by atoms with van der Waals surface area (Å²) >= 11 is 3.18. The molecule has 0 aliphatic rings. The van der Waals surface area contributed by atoms with E-state index in [4.69, 9.17) is 5.11 Å². The van der Waals surface area contributed by atoms with Crippen LogP contribution in [0.15, 0.2) is 22.7 Å². The summed E-state index contributed by atoms with van der Waals surface area (Å²) < 4.78 is 0.502. The van der Waals surface area contributed by atoms with E-state index in [1.165, 1.54) is 18.2 Å². The first-order valence-corrected chi connectivity index (χ1v) is 6.82. The molecule has 0 saturated heterocycles. The molecule has 1 aromatic carbocycles. The molecule has 0 saturated carbocycles. The van der Waals surface area contributed by atoms with Gasteiger partial charge in [-0.2, -0.15) is 0 Å². The van der Waals surface area contributed by atoms with Gasteiger partial charge in [0.25, 0.3) is 5.69 Å². The maximum Gasteiger partial charge on any atom is 0.319 e.